The second-order valence-electron chi connectivity index (χ2n) is 3.55. The number of ether oxygens (including phenoxy) is 1. The average Bonchev–Trinajstić information content (AvgIpc) is 2.25. The van der Waals surface area contributed by atoms with Gasteiger partial charge < -0.3 is 4.74 Å². The van der Waals surface area contributed by atoms with E-state index < -0.39 is 0 Å². The monoisotopic (exact) mass is 210 g/mol. The highest BCUT2D eigenvalue weighted by Crippen LogP contribution is 2.08. The average molecular weight is 210 g/mol. The van der Waals surface area contributed by atoms with Crippen LogP contribution >= 0.6 is 0 Å². The number of esters is 1. The molecule has 0 radical (unpaired) electrons. The van der Waals surface area contributed by atoms with E-state index in [4.69, 9.17) is 4.74 Å². The summed E-state index contributed by atoms with van der Waals surface area (Å²) in [4.78, 5) is 11.3. The minimum atomic E-state index is -0.313. The van der Waals surface area contributed by atoms with Gasteiger partial charge in [-0.05, 0) is 24.1 Å². The Morgan fingerprint density at radius 3 is 2.87 bits per heavy atom. The first-order valence-electron chi connectivity index (χ1n) is 5.04. The number of carbonyl (C=O) groups excluding carboxylic acids is 1. The first-order chi connectivity index (χ1) is 7.13. The second-order valence-corrected chi connectivity index (χ2v) is 3.55. The molecule has 82 valence electrons. The first-order valence-corrected chi connectivity index (χ1v) is 5.04. The van der Waals surface area contributed by atoms with Gasteiger partial charge in [-0.3, -0.25) is 4.79 Å². The van der Waals surface area contributed by atoms with E-state index in [0.717, 1.165) is 6.42 Å². The normalized spacial score (nSPS) is 12.2. The van der Waals surface area contributed by atoms with Crippen molar-refractivity contribution in [1.82, 2.24) is 0 Å². The van der Waals surface area contributed by atoms with Crippen molar-refractivity contribution in [1.29, 1.82) is 0 Å². The van der Waals surface area contributed by atoms with Gasteiger partial charge in [-0.2, -0.15) is 0 Å². The van der Waals surface area contributed by atoms with Crippen molar-refractivity contribution in [2.24, 2.45) is 5.92 Å². The van der Waals surface area contributed by atoms with Crippen LogP contribution in [0.1, 0.15) is 25.8 Å². The molecule has 0 N–H and O–H groups in total. The molecule has 0 bridgehead atoms. The zero-order valence-electron chi connectivity index (χ0n) is 9.00. The smallest absolute Gasteiger partial charge is 0.308 e. The maximum Gasteiger partial charge on any atom is 0.308 e. The predicted molar refractivity (Wildman–Crippen MR) is 55.7 cm³/mol. The van der Waals surface area contributed by atoms with Gasteiger partial charge in [0.2, 0.25) is 0 Å². The molecule has 0 aromatic heterocycles. The van der Waals surface area contributed by atoms with Gasteiger partial charge in [-0.1, -0.05) is 26.0 Å². The zero-order chi connectivity index (χ0) is 11.3. The van der Waals surface area contributed by atoms with Gasteiger partial charge >= 0.3 is 5.97 Å². The molecule has 0 spiro atoms. The van der Waals surface area contributed by atoms with Crippen LogP contribution in [0.5, 0.6) is 0 Å². The van der Waals surface area contributed by atoms with Crippen LogP contribution in [0, 0.1) is 11.7 Å². The maximum atomic E-state index is 12.8. The van der Waals surface area contributed by atoms with E-state index in [1.807, 2.05) is 13.8 Å². The van der Waals surface area contributed by atoms with Crippen LogP contribution in [0.25, 0.3) is 0 Å². The maximum absolute atomic E-state index is 12.8. The number of hydrogen-bond donors (Lipinski definition) is 0. The van der Waals surface area contributed by atoms with Crippen molar-refractivity contribution >= 4 is 5.97 Å². The van der Waals surface area contributed by atoms with E-state index in [-0.39, 0.29) is 24.3 Å². The van der Waals surface area contributed by atoms with E-state index in [1.165, 1.54) is 12.1 Å². The van der Waals surface area contributed by atoms with Crippen molar-refractivity contribution in [3.63, 3.8) is 0 Å². The molecule has 2 nitrogen and oxygen atoms in total. The molecule has 0 saturated carbocycles. The lowest BCUT2D eigenvalue weighted by Crippen LogP contribution is -2.13. The van der Waals surface area contributed by atoms with Crippen LogP contribution in [0.3, 0.4) is 0 Å². The molecule has 1 unspecified atom stereocenters. The number of hydrogen-bond acceptors (Lipinski definition) is 2. The Labute approximate surface area is 89.1 Å². The summed E-state index contributed by atoms with van der Waals surface area (Å²) in [5.74, 6) is -0.646. The molecule has 0 amide bonds. The minimum absolute atomic E-state index is 0.0986. The summed E-state index contributed by atoms with van der Waals surface area (Å²) in [5.41, 5.74) is 0.673. The minimum Gasteiger partial charge on any atom is -0.461 e. The largest absolute Gasteiger partial charge is 0.461 e. The Hall–Kier alpha value is -1.38. The van der Waals surface area contributed by atoms with Gasteiger partial charge in [0.1, 0.15) is 12.4 Å². The molecule has 1 aromatic carbocycles. The standard InChI is InChI=1S/C12H15FO2/c1-3-9(2)12(14)15-8-10-5-4-6-11(13)7-10/h4-7,9H,3,8H2,1-2H3. The molecule has 0 aliphatic carbocycles. The summed E-state index contributed by atoms with van der Waals surface area (Å²) in [6.07, 6.45) is 0.752. The Bertz CT molecular complexity index is 336. The highest BCUT2D eigenvalue weighted by atomic mass is 19.1. The molecular formula is C12H15FO2. The first kappa shape index (κ1) is 11.7. The number of halogens is 1. The van der Waals surface area contributed by atoms with E-state index in [1.54, 1.807) is 12.1 Å². The molecule has 0 aliphatic heterocycles. The molecule has 3 heteroatoms. The van der Waals surface area contributed by atoms with Gasteiger partial charge in [-0.25, -0.2) is 4.39 Å². The fourth-order valence-electron chi connectivity index (χ4n) is 1.09. The zero-order valence-corrected chi connectivity index (χ0v) is 9.00. The van der Waals surface area contributed by atoms with Crippen LogP contribution in [0.2, 0.25) is 0 Å². The van der Waals surface area contributed by atoms with Crippen LogP contribution in [-0.2, 0) is 16.1 Å². The molecule has 0 fully saturated rings. The quantitative estimate of drug-likeness (QED) is 0.714. The van der Waals surface area contributed by atoms with Gasteiger partial charge in [0.05, 0.1) is 5.92 Å². The Kier molecular flexibility index (Phi) is 4.28. The van der Waals surface area contributed by atoms with Crippen LogP contribution in [0.4, 0.5) is 4.39 Å². The summed E-state index contributed by atoms with van der Waals surface area (Å²) in [6, 6.07) is 6.05. The second kappa shape index (κ2) is 5.49. The lowest BCUT2D eigenvalue weighted by Gasteiger charge is -2.09. The number of rotatable bonds is 4. The predicted octanol–water partition coefficient (Wildman–Crippen LogP) is 2.92. The lowest BCUT2D eigenvalue weighted by molar-refractivity contribution is -0.149. The third kappa shape index (κ3) is 3.70. The molecular weight excluding hydrogens is 195 g/mol. The Morgan fingerprint density at radius 2 is 2.27 bits per heavy atom. The summed E-state index contributed by atoms with van der Waals surface area (Å²) in [6.45, 7) is 3.88. The molecule has 0 saturated heterocycles. The van der Waals surface area contributed by atoms with E-state index >= 15 is 0 Å². The van der Waals surface area contributed by atoms with Crippen molar-refractivity contribution in [2.75, 3.05) is 0 Å². The van der Waals surface area contributed by atoms with Crippen LogP contribution < -0.4 is 0 Å². The van der Waals surface area contributed by atoms with Crippen molar-refractivity contribution in [2.45, 2.75) is 26.9 Å². The highest BCUT2D eigenvalue weighted by Gasteiger charge is 2.11. The molecule has 0 aliphatic rings. The SMILES string of the molecule is CCC(C)C(=O)OCc1cccc(F)c1. The van der Waals surface area contributed by atoms with Gasteiger partial charge in [0.15, 0.2) is 0 Å². The molecule has 0 heterocycles. The molecule has 1 atom stereocenters. The molecule has 1 aromatic rings. The number of carbonyl (C=O) groups is 1. The van der Waals surface area contributed by atoms with Crippen LogP contribution in [-0.4, -0.2) is 5.97 Å². The van der Waals surface area contributed by atoms with E-state index in [9.17, 15) is 9.18 Å². The topological polar surface area (TPSA) is 26.3 Å². The van der Waals surface area contributed by atoms with E-state index in [2.05, 4.69) is 0 Å². The summed E-state index contributed by atoms with van der Waals surface area (Å²) in [7, 11) is 0. The third-order valence-corrected chi connectivity index (χ3v) is 2.28. The fraction of sp³-hybridized carbons (Fsp3) is 0.417. The lowest BCUT2D eigenvalue weighted by atomic mass is 10.1. The van der Waals surface area contributed by atoms with Crippen molar-refractivity contribution in [3.05, 3.63) is 35.6 Å². The van der Waals surface area contributed by atoms with Gasteiger partial charge in [-0.15, -0.1) is 0 Å². The molecule has 15 heavy (non-hydrogen) atoms. The van der Waals surface area contributed by atoms with Gasteiger partial charge in [0.25, 0.3) is 0 Å². The van der Waals surface area contributed by atoms with Gasteiger partial charge in [0, 0.05) is 0 Å². The highest BCUT2D eigenvalue weighted by molar-refractivity contribution is 5.71. The fourth-order valence-corrected chi connectivity index (χ4v) is 1.09. The Balaban J connectivity index is 2.47. The van der Waals surface area contributed by atoms with E-state index in [0.29, 0.717) is 5.56 Å². The summed E-state index contributed by atoms with van der Waals surface area (Å²) in [5, 5.41) is 0. The van der Waals surface area contributed by atoms with Crippen molar-refractivity contribution in [3.8, 4) is 0 Å². The third-order valence-electron chi connectivity index (χ3n) is 2.28. The number of benzene rings is 1. The summed E-state index contributed by atoms with van der Waals surface area (Å²) < 4.78 is 17.8. The molecule has 1 rings (SSSR count). The van der Waals surface area contributed by atoms with Crippen LogP contribution in [0.15, 0.2) is 24.3 Å². The summed E-state index contributed by atoms with van der Waals surface area (Å²) >= 11 is 0. The Morgan fingerprint density at radius 1 is 1.53 bits per heavy atom. The van der Waals surface area contributed by atoms with Crippen molar-refractivity contribution < 1.29 is 13.9 Å².